The van der Waals surface area contributed by atoms with Gasteiger partial charge in [0, 0.05) is 12.2 Å². The Morgan fingerprint density at radius 1 is 1.35 bits per heavy atom. The Morgan fingerprint density at radius 2 is 2.00 bits per heavy atom. The molecule has 0 aromatic heterocycles. The van der Waals surface area contributed by atoms with Gasteiger partial charge in [-0.2, -0.15) is 12.7 Å². The van der Waals surface area contributed by atoms with Crippen molar-refractivity contribution in [1.82, 2.24) is 4.31 Å². The number of carbonyl (C=O) groups excluding carboxylic acids is 1. The second kappa shape index (κ2) is 5.13. The molecule has 0 aliphatic carbocycles. The first-order valence-electron chi connectivity index (χ1n) is 4.69. The van der Waals surface area contributed by atoms with Crippen molar-refractivity contribution in [1.29, 1.82) is 0 Å². The average molecular weight is 258 g/mol. The van der Waals surface area contributed by atoms with E-state index < -0.39 is 22.7 Å². The number of amides is 1. The van der Waals surface area contributed by atoms with Gasteiger partial charge in [-0.3, -0.25) is 4.79 Å². The molecule has 94 valence electrons. The van der Waals surface area contributed by atoms with E-state index in [9.17, 15) is 13.2 Å². The Bertz CT molecular complexity index is 515. The van der Waals surface area contributed by atoms with Crippen LogP contribution in [-0.2, 0) is 21.5 Å². The molecule has 0 heterocycles. The molecule has 0 aliphatic heterocycles. The molecule has 8 heteroatoms. The van der Waals surface area contributed by atoms with E-state index in [1.54, 1.807) is 24.3 Å². The number of rotatable bonds is 5. The van der Waals surface area contributed by atoms with E-state index in [4.69, 9.17) is 16.6 Å². The predicted molar refractivity (Wildman–Crippen MR) is 63.6 cm³/mol. The van der Waals surface area contributed by atoms with Gasteiger partial charge in [0.25, 0.3) is 10.2 Å². The number of carbonyl (C=O) groups is 1. The first kappa shape index (κ1) is 13.4. The molecule has 0 unspecified atom stereocenters. The van der Waals surface area contributed by atoms with Crippen molar-refractivity contribution in [3.8, 4) is 0 Å². The van der Waals surface area contributed by atoms with Crippen LogP contribution in [0.4, 0.5) is 5.69 Å². The summed E-state index contributed by atoms with van der Waals surface area (Å²) in [5.74, 6) is -0.775. The first-order chi connectivity index (χ1) is 7.79. The minimum absolute atomic E-state index is 0.0488. The normalized spacial score (nSPS) is 11.6. The molecule has 0 bridgehead atoms. The summed E-state index contributed by atoms with van der Waals surface area (Å²) in [6.07, 6.45) is 0. The van der Waals surface area contributed by atoms with Crippen LogP contribution in [0.3, 0.4) is 0 Å². The van der Waals surface area contributed by atoms with Crippen molar-refractivity contribution in [2.24, 2.45) is 10.9 Å². The third-order valence-electron chi connectivity index (χ3n) is 2.00. The summed E-state index contributed by atoms with van der Waals surface area (Å²) in [5.41, 5.74) is 11.6. The zero-order valence-electron chi connectivity index (χ0n) is 9.04. The standard InChI is InChI=1S/C9H14N4O3S/c10-8-3-1-2-7(4-8)5-13(6-9(11)14)17(12,15)16/h1-4H,5-6,10H2,(H2,11,14)(H2,12,15,16). The highest BCUT2D eigenvalue weighted by Crippen LogP contribution is 2.10. The van der Waals surface area contributed by atoms with Gasteiger partial charge in [-0.1, -0.05) is 12.1 Å². The minimum atomic E-state index is -3.98. The van der Waals surface area contributed by atoms with E-state index in [0.717, 1.165) is 4.31 Å². The molecular formula is C9H14N4O3S. The van der Waals surface area contributed by atoms with Crippen LogP contribution in [0, 0.1) is 0 Å². The largest absolute Gasteiger partial charge is 0.399 e. The van der Waals surface area contributed by atoms with Crippen molar-refractivity contribution in [2.75, 3.05) is 12.3 Å². The second-order valence-electron chi connectivity index (χ2n) is 3.52. The van der Waals surface area contributed by atoms with E-state index in [1.165, 1.54) is 0 Å². The van der Waals surface area contributed by atoms with Crippen molar-refractivity contribution < 1.29 is 13.2 Å². The van der Waals surface area contributed by atoms with Gasteiger partial charge in [0.1, 0.15) is 0 Å². The van der Waals surface area contributed by atoms with E-state index in [-0.39, 0.29) is 6.54 Å². The second-order valence-corrected chi connectivity index (χ2v) is 5.07. The molecular weight excluding hydrogens is 244 g/mol. The molecule has 1 amide bonds. The summed E-state index contributed by atoms with van der Waals surface area (Å²) < 4.78 is 23.2. The van der Waals surface area contributed by atoms with Gasteiger partial charge in [-0.05, 0) is 17.7 Å². The van der Waals surface area contributed by atoms with Gasteiger partial charge >= 0.3 is 0 Å². The van der Waals surface area contributed by atoms with Crippen LogP contribution in [0.2, 0.25) is 0 Å². The third kappa shape index (κ3) is 4.39. The van der Waals surface area contributed by atoms with Gasteiger partial charge in [0.15, 0.2) is 0 Å². The lowest BCUT2D eigenvalue weighted by atomic mass is 10.2. The molecule has 0 aliphatic rings. The lowest BCUT2D eigenvalue weighted by Crippen LogP contribution is -2.41. The fraction of sp³-hybridized carbons (Fsp3) is 0.222. The zero-order chi connectivity index (χ0) is 13.1. The molecule has 1 aromatic rings. The van der Waals surface area contributed by atoms with Gasteiger partial charge in [-0.15, -0.1) is 0 Å². The smallest absolute Gasteiger partial charge is 0.277 e. The minimum Gasteiger partial charge on any atom is -0.399 e. The predicted octanol–water partition coefficient (Wildman–Crippen LogP) is -1.24. The highest BCUT2D eigenvalue weighted by Gasteiger charge is 2.19. The molecule has 0 saturated carbocycles. The molecule has 0 spiro atoms. The summed E-state index contributed by atoms with van der Waals surface area (Å²) >= 11 is 0. The molecule has 0 fully saturated rings. The highest BCUT2D eigenvalue weighted by atomic mass is 32.2. The fourth-order valence-corrected chi connectivity index (χ4v) is 1.94. The van der Waals surface area contributed by atoms with E-state index >= 15 is 0 Å². The van der Waals surface area contributed by atoms with Crippen LogP contribution in [0.25, 0.3) is 0 Å². The summed E-state index contributed by atoms with van der Waals surface area (Å²) in [4.78, 5) is 10.7. The lowest BCUT2D eigenvalue weighted by Gasteiger charge is -2.17. The maximum Gasteiger partial charge on any atom is 0.277 e. The molecule has 0 atom stereocenters. The van der Waals surface area contributed by atoms with Crippen molar-refractivity contribution in [2.45, 2.75) is 6.54 Å². The fourth-order valence-electron chi connectivity index (χ4n) is 1.30. The lowest BCUT2D eigenvalue weighted by molar-refractivity contribution is -0.118. The summed E-state index contributed by atoms with van der Waals surface area (Å²) in [6.45, 7) is -0.513. The van der Waals surface area contributed by atoms with Crippen LogP contribution in [-0.4, -0.2) is 25.2 Å². The quantitative estimate of drug-likeness (QED) is 0.569. The van der Waals surface area contributed by atoms with Crippen LogP contribution in [0.1, 0.15) is 5.56 Å². The molecule has 1 aromatic carbocycles. The molecule has 0 radical (unpaired) electrons. The van der Waals surface area contributed by atoms with Gasteiger partial charge < -0.3 is 11.5 Å². The van der Waals surface area contributed by atoms with Crippen molar-refractivity contribution >= 4 is 21.8 Å². The number of benzene rings is 1. The number of hydrogen-bond acceptors (Lipinski definition) is 4. The number of primary amides is 1. The number of nitrogens with zero attached hydrogens (tertiary/aromatic N) is 1. The number of nitrogens with two attached hydrogens (primary N) is 3. The number of anilines is 1. The van der Waals surface area contributed by atoms with E-state index in [1.807, 2.05) is 0 Å². The third-order valence-corrected chi connectivity index (χ3v) is 2.98. The Morgan fingerprint density at radius 3 is 2.47 bits per heavy atom. The van der Waals surface area contributed by atoms with E-state index in [2.05, 4.69) is 0 Å². The number of hydrogen-bond donors (Lipinski definition) is 3. The molecule has 0 saturated heterocycles. The zero-order valence-corrected chi connectivity index (χ0v) is 9.85. The maximum atomic E-state index is 11.2. The van der Waals surface area contributed by atoms with Crippen molar-refractivity contribution in [3.05, 3.63) is 29.8 Å². The van der Waals surface area contributed by atoms with Gasteiger partial charge in [0.05, 0.1) is 6.54 Å². The van der Waals surface area contributed by atoms with Crippen molar-refractivity contribution in [3.63, 3.8) is 0 Å². The SMILES string of the molecule is NC(=O)CN(Cc1cccc(N)c1)S(N)(=O)=O. The molecule has 7 nitrogen and oxygen atoms in total. The van der Waals surface area contributed by atoms with Crippen LogP contribution in [0.15, 0.2) is 24.3 Å². The summed E-state index contributed by atoms with van der Waals surface area (Å²) in [5, 5.41) is 4.97. The van der Waals surface area contributed by atoms with Crippen LogP contribution >= 0.6 is 0 Å². The molecule has 17 heavy (non-hydrogen) atoms. The first-order valence-corrected chi connectivity index (χ1v) is 6.20. The van der Waals surface area contributed by atoms with Crippen LogP contribution < -0.4 is 16.6 Å². The Hall–Kier alpha value is -1.64. The van der Waals surface area contributed by atoms with Crippen LogP contribution in [0.5, 0.6) is 0 Å². The Balaban J connectivity index is 2.91. The van der Waals surface area contributed by atoms with Gasteiger partial charge in [0.2, 0.25) is 5.91 Å². The highest BCUT2D eigenvalue weighted by molar-refractivity contribution is 7.86. The Kier molecular flexibility index (Phi) is 4.05. The molecule has 1 rings (SSSR count). The van der Waals surface area contributed by atoms with Gasteiger partial charge in [-0.25, -0.2) is 5.14 Å². The molecule has 6 N–H and O–H groups in total. The summed E-state index contributed by atoms with van der Waals surface area (Å²) in [6, 6.07) is 6.61. The number of nitrogen functional groups attached to an aromatic ring is 1. The maximum absolute atomic E-state index is 11.2. The average Bonchev–Trinajstić information content (AvgIpc) is 2.14. The monoisotopic (exact) mass is 258 g/mol. The van der Waals surface area contributed by atoms with E-state index in [0.29, 0.717) is 11.3 Å². The topological polar surface area (TPSA) is 133 Å². The summed E-state index contributed by atoms with van der Waals surface area (Å²) in [7, 11) is -3.98. The Labute approximate surface area is 99.4 Å².